The van der Waals surface area contributed by atoms with Gasteiger partial charge < -0.3 is 19.5 Å². The molecule has 1 aromatic carbocycles. The van der Waals surface area contributed by atoms with Crippen molar-refractivity contribution in [2.75, 3.05) is 20.3 Å². The first kappa shape index (κ1) is 25.2. The van der Waals surface area contributed by atoms with E-state index in [9.17, 15) is 14.4 Å². The Morgan fingerprint density at radius 3 is 2.39 bits per heavy atom. The lowest BCUT2D eigenvalue weighted by molar-refractivity contribution is -0.152. The highest BCUT2D eigenvalue weighted by Crippen LogP contribution is 2.47. The van der Waals surface area contributed by atoms with Crippen molar-refractivity contribution in [1.82, 2.24) is 10.3 Å². The van der Waals surface area contributed by atoms with E-state index >= 15 is 0 Å². The van der Waals surface area contributed by atoms with Crippen LogP contribution in [0, 0.1) is 5.92 Å². The molecule has 2 aliphatic rings. The third kappa shape index (κ3) is 4.63. The molecular weight excluding hydrogens is 460 g/mol. The molecule has 1 aromatic heterocycles. The van der Waals surface area contributed by atoms with Crippen molar-refractivity contribution in [1.29, 1.82) is 0 Å². The molecule has 1 N–H and O–H groups in total. The fourth-order valence-corrected chi connectivity index (χ4v) is 5.02. The van der Waals surface area contributed by atoms with E-state index in [1.807, 2.05) is 12.1 Å². The first-order chi connectivity index (χ1) is 17.4. The van der Waals surface area contributed by atoms with E-state index in [-0.39, 0.29) is 19.0 Å². The molecule has 3 atom stereocenters. The summed E-state index contributed by atoms with van der Waals surface area (Å²) in [7, 11) is 1.58. The Labute approximate surface area is 210 Å². The predicted molar refractivity (Wildman–Crippen MR) is 132 cm³/mol. The highest BCUT2D eigenvalue weighted by atomic mass is 16.5. The SMILES string of the molecule is CCOC(=O)C1=C(C)NC2=C(C(=O)[C@H](C(=O)OCC)[C@@H](c3ccc(OC)cc3)C2)[C@@H]1c1ccccn1. The maximum absolute atomic E-state index is 14.2. The quantitative estimate of drug-likeness (QED) is 0.462. The van der Waals surface area contributed by atoms with Crippen LogP contribution in [0.25, 0.3) is 0 Å². The van der Waals surface area contributed by atoms with Crippen LogP contribution in [-0.4, -0.2) is 43.0 Å². The number of nitrogens with zero attached hydrogens (tertiary/aromatic N) is 1. The van der Waals surface area contributed by atoms with Crippen molar-refractivity contribution in [2.24, 2.45) is 5.92 Å². The summed E-state index contributed by atoms with van der Waals surface area (Å²) < 4.78 is 16.0. The van der Waals surface area contributed by atoms with Crippen molar-refractivity contribution in [3.63, 3.8) is 0 Å². The highest BCUT2D eigenvalue weighted by molar-refractivity contribution is 6.13. The number of carbonyl (C=O) groups is 3. The van der Waals surface area contributed by atoms with E-state index in [1.54, 1.807) is 64.4 Å². The van der Waals surface area contributed by atoms with Gasteiger partial charge in [0.15, 0.2) is 5.78 Å². The van der Waals surface area contributed by atoms with Gasteiger partial charge in [-0.15, -0.1) is 0 Å². The maximum atomic E-state index is 14.2. The first-order valence-corrected chi connectivity index (χ1v) is 12.0. The monoisotopic (exact) mass is 490 g/mol. The van der Waals surface area contributed by atoms with Crippen molar-refractivity contribution in [2.45, 2.75) is 39.0 Å². The number of esters is 2. The normalized spacial score (nSPS) is 21.4. The lowest BCUT2D eigenvalue weighted by atomic mass is 9.67. The average molecular weight is 491 g/mol. The van der Waals surface area contributed by atoms with Gasteiger partial charge in [-0.25, -0.2) is 4.79 Å². The van der Waals surface area contributed by atoms with Gasteiger partial charge in [-0.05, 0) is 57.0 Å². The number of Topliss-reactive ketones (excluding diaryl/α,β-unsaturated/α-hetero) is 1. The van der Waals surface area contributed by atoms with Gasteiger partial charge in [0, 0.05) is 29.1 Å². The second-order valence-corrected chi connectivity index (χ2v) is 8.64. The molecule has 8 nitrogen and oxygen atoms in total. The Balaban J connectivity index is 1.87. The summed E-state index contributed by atoms with van der Waals surface area (Å²) in [6.45, 7) is 5.57. The molecule has 0 fully saturated rings. The Kier molecular flexibility index (Phi) is 7.52. The molecule has 2 aromatic rings. The molecule has 0 bridgehead atoms. The van der Waals surface area contributed by atoms with Crippen LogP contribution in [0.5, 0.6) is 5.75 Å². The smallest absolute Gasteiger partial charge is 0.336 e. The summed E-state index contributed by atoms with van der Waals surface area (Å²) in [6.07, 6.45) is 2.00. The number of nitrogens with one attached hydrogen (secondary N) is 1. The number of carbonyl (C=O) groups excluding carboxylic acids is 3. The summed E-state index contributed by atoms with van der Waals surface area (Å²) in [5, 5.41) is 3.28. The molecule has 0 saturated carbocycles. The second-order valence-electron chi connectivity index (χ2n) is 8.64. The van der Waals surface area contributed by atoms with Gasteiger partial charge in [-0.1, -0.05) is 18.2 Å². The first-order valence-electron chi connectivity index (χ1n) is 12.0. The number of pyridine rings is 1. The molecule has 4 rings (SSSR count). The van der Waals surface area contributed by atoms with Crippen molar-refractivity contribution >= 4 is 17.7 Å². The van der Waals surface area contributed by atoms with Crippen molar-refractivity contribution < 1.29 is 28.6 Å². The standard InChI is InChI=1S/C28H30N2O6/c1-5-35-27(32)22-16(3)30-21-15-19(17-10-12-18(34-4)13-11-17)23(28(33)36-6-2)26(31)25(21)24(22)20-9-7-8-14-29-20/h7-14,19,23-24,30H,5-6,15H2,1-4H3/t19-,23-,24-/m1/s1. The zero-order valence-electron chi connectivity index (χ0n) is 20.9. The van der Waals surface area contributed by atoms with Gasteiger partial charge >= 0.3 is 11.9 Å². The lowest BCUT2D eigenvalue weighted by Crippen LogP contribution is -2.43. The third-order valence-electron chi connectivity index (χ3n) is 6.58. The number of ether oxygens (including phenoxy) is 3. The fraction of sp³-hybridized carbons (Fsp3) is 0.357. The van der Waals surface area contributed by atoms with Gasteiger partial charge in [-0.2, -0.15) is 0 Å². The van der Waals surface area contributed by atoms with Crippen LogP contribution in [0.1, 0.15) is 50.3 Å². The zero-order chi connectivity index (χ0) is 25.8. The number of allylic oxidation sites excluding steroid dienone is 3. The molecule has 0 amide bonds. The van der Waals surface area contributed by atoms with Crippen LogP contribution in [0.4, 0.5) is 0 Å². The molecular formula is C28H30N2O6. The van der Waals surface area contributed by atoms with Crippen LogP contribution in [0.2, 0.25) is 0 Å². The molecule has 0 unspecified atom stereocenters. The van der Waals surface area contributed by atoms with Gasteiger partial charge in [0.25, 0.3) is 0 Å². The van der Waals surface area contributed by atoms with Crippen molar-refractivity contribution in [3.8, 4) is 5.75 Å². The van der Waals surface area contributed by atoms with E-state index in [0.717, 1.165) is 5.56 Å². The van der Waals surface area contributed by atoms with Gasteiger partial charge in [0.05, 0.1) is 37.5 Å². The van der Waals surface area contributed by atoms with Crippen LogP contribution in [-0.2, 0) is 23.9 Å². The Morgan fingerprint density at radius 2 is 1.78 bits per heavy atom. The highest BCUT2D eigenvalue weighted by Gasteiger charge is 2.49. The number of aromatic nitrogens is 1. The molecule has 0 saturated heterocycles. The minimum Gasteiger partial charge on any atom is -0.497 e. The number of rotatable bonds is 7. The van der Waals surface area contributed by atoms with Gasteiger partial charge in [-0.3, -0.25) is 14.6 Å². The molecule has 36 heavy (non-hydrogen) atoms. The van der Waals surface area contributed by atoms with Crippen LogP contribution < -0.4 is 10.1 Å². The van der Waals surface area contributed by atoms with Crippen LogP contribution in [0.3, 0.4) is 0 Å². The largest absolute Gasteiger partial charge is 0.497 e. The van der Waals surface area contributed by atoms with Crippen molar-refractivity contribution in [3.05, 3.63) is 82.5 Å². The Bertz CT molecular complexity index is 1220. The topological polar surface area (TPSA) is 104 Å². The van der Waals surface area contributed by atoms with E-state index in [2.05, 4.69) is 10.3 Å². The Morgan fingerprint density at radius 1 is 1.06 bits per heavy atom. The molecule has 1 aliphatic carbocycles. The number of hydrogen-bond acceptors (Lipinski definition) is 8. The van der Waals surface area contributed by atoms with E-state index < -0.39 is 29.7 Å². The average Bonchev–Trinajstić information content (AvgIpc) is 2.88. The summed E-state index contributed by atoms with van der Waals surface area (Å²) in [5.74, 6) is -3.09. The summed E-state index contributed by atoms with van der Waals surface area (Å²) in [4.78, 5) is 44.9. The molecule has 0 spiro atoms. The molecule has 0 radical (unpaired) electrons. The second kappa shape index (κ2) is 10.8. The molecule has 8 heteroatoms. The Hall–Kier alpha value is -3.94. The van der Waals surface area contributed by atoms with E-state index in [4.69, 9.17) is 14.2 Å². The van der Waals surface area contributed by atoms with Gasteiger partial charge in [0.1, 0.15) is 11.7 Å². The predicted octanol–water partition coefficient (Wildman–Crippen LogP) is 3.80. The number of methoxy groups -OCH3 is 1. The summed E-state index contributed by atoms with van der Waals surface area (Å²) >= 11 is 0. The molecule has 1 aliphatic heterocycles. The minimum absolute atomic E-state index is 0.152. The minimum atomic E-state index is -1.06. The van der Waals surface area contributed by atoms with Crippen LogP contribution >= 0.6 is 0 Å². The number of hydrogen-bond donors (Lipinski definition) is 1. The maximum Gasteiger partial charge on any atom is 0.336 e. The lowest BCUT2D eigenvalue weighted by Gasteiger charge is -2.39. The zero-order valence-corrected chi connectivity index (χ0v) is 20.9. The number of ketones is 1. The summed E-state index contributed by atoms with van der Waals surface area (Å²) in [6, 6.07) is 12.7. The number of benzene rings is 1. The van der Waals surface area contributed by atoms with Crippen LogP contribution in [0.15, 0.2) is 71.2 Å². The van der Waals surface area contributed by atoms with Gasteiger partial charge in [0.2, 0.25) is 0 Å². The molecule has 188 valence electrons. The van der Waals surface area contributed by atoms with E-state index in [1.165, 1.54) is 0 Å². The summed E-state index contributed by atoms with van der Waals surface area (Å²) in [5.41, 5.74) is 3.29. The molecule has 2 heterocycles. The van der Waals surface area contributed by atoms with E-state index in [0.29, 0.717) is 40.4 Å². The number of dihydropyridines is 1. The fourth-order valence-electron chi connectivity index (χ4n) is 5.02. The third-order valence-corrected chi connectivity index (χ3v) is 6.58.